The van der Waals surface area contributed by atoms with Gasteiger partial charge in [0.15, 0.2) is 16.9 Å². The van der Waals surface area contributed by atoms with Crippen LogP contribution in [0.15, 0.2) is 12.1 Å². The Morgan fingerprint density at radius 3 is 2.06 bits per heavy atom. The third kappa shape index (κ3) is 2.65. The number of nitrogens with one attached hydrogen (secondary N) is 1. The second-order valence-electron chi connectivity index (χ2n) is 7.69. The summed E-state index contributed by atoms with van der Waals surface area (Å²) in [5.74, 6) is -1.47. The first-order valence-electron chi connectivity index (χ1n) is 9.78. The van der Waals surface area contributed by atoms with Gasteiger partial charge in [0.2, 0.25) is 17.1 Å². The van der Waals surface area contributed by atoms with Crippen molar-refractivity contribution in [3.8, 4) is 35.5 Å². The molecule has 3 rings (SSSR count). The number of nitrogens with zero attached hydrogens (tertiary/aromatic N) is 3. The molecule has 0 spiro atoms. The molecule has 0 aromatic heterocycles. The fraction of sp³-hybridized carbons (Fsp3) is 0.545. The molecule has 2 fully saturated rings. The number of hydrogen-bond acceptors (Lipinski definition) is 9. The molecule has 162 valence electrons. The first-order chi connectivity index (χ1) is 14.8. The van der Waals surface area contributed by atoms with Gasteiger partial charge in [-0.3, -0.25) is 5.41 Å². The van der Waals surface area contributed by atoms with Crippen molar-refractivity contribution >= 4 is 5.90 Å². The van der Waals surface area contributed by atoms with Gasteiger partial charge < -0.3 is 23.7 Å². The Morgan fingerprint density at radius 2 is 1.58 bits per heavy atom. The molecular weight excluding hydrogens is 400 g/mol. The van der Waals surface area contributed by atoms with Crippen molar-refractivity contribution in [2.45, 2.75) is 38.6 Å². The van der Waals surface area contributed by atoms with E-state index in [1.807, 2.05) is 19.1 Å². The molecule has 9 nitrogen and oxygen atoms in total. The number of hydrogen-bond donors (Lipinski definition) is 1. The van der Waals surface area contributed by atoms with Crippen LogP contribution in [-0.4, -0.2) is 33.0 Å². The number of fused-ring (bicyclic) bond motifs is 2. The van der Waals surface area contributed by atoms with Crippen LogP contribution in [0.4, 0.5) is 0 Å². The van der Waals surface area contributed by atoms with Crippen molar-refractivity contribution in [1.82, 2.24) is 0 Å². The maximum atomic E-state index is 10.3. The molecular formula is C22H24N4O5. The minimum Gasteiger partial charge on any atom is -0.496 e. The molecule has 1 aromatic rings. The van der Waals surface area contributed by atoms with E-state index in [1.54, 1.807) is 19.1 Å². The third-order valence-corrected chi connectivity index (χ3v) is 6.31. The molecule has 1 aromatic carbocycles. The summed E-state index contributed by atoms with van der Waals surface area (Å²) < 4.78 is 28.3. The zero-order valence-corrected chi connectivity index (χ0v) is 18.1. The van der Waals surface area contributed by atoms with Gasteiger partial charge in [0.1, 0.15) is 11.9 Å². The summed E-state index contributed by atoms with van der Waals surface area (Å²) in [5, 5.41) is 39.5. The summed E-state index contributed by atoms with van der Waals surface area (Å²) in [6, 6.07) is 9.31. The normalized spacial score (nSPS) is 30.3. The van der Waals surface area contributed by atoms with E-state index in [1.165, 1.54) is 21.3 Å². The van der Waals surface area contributed by atoms with Gasteiger partial charge in [0.25, 0.3) is 0 Å². The summed E-state index contributed by atoms with van der Waals surface area (Å²) in [7, 11) is 4.36. The maximum Gasteiger partial charge on any atom is 0.214 e. The SMILES string of the molecule is CCCC1C2(C)OC(=N)C1(C#N)C(C#N)(C#N)C(c1cc(OC)c(OC)cc1OC)O2. The third-order valence-electron chi connectivity index (χ3n) is 6.31. The first-order valence-corrected chi connectivity index (χ1v) is 9.78. The second-order valence-corrected chi connectivity index (χ2v) is 7.69. The molecule has 0 saturated carbocycles. The van der Waals surface area contributed by atoms with Crippen molar-refractivity contribution < 1.29 is 23.7 Å². The number of rotatable bonds is 6. The molecule has 0 aliphatic carbocycles. The Hall–Kier alpha value is -3.48. The Labute approximate surface area is 181 Å². The van der Waals surface area contributed by atoms with Crippen LogP contribution >= 0.6 is 0 Å². The smallest absolute Gasteiger partial charge is 0.214 e. The minimum absolute atomic E-state index is 0.286. The van der Waals surface area contributed by atoms with Gasteiger partial charge in [-0.25, -0.2) is 0 Å². The lowest BCUT2D eigenvalue weighted by atomic mass is 9.53. The molecule has 4 atom stereocenters. The largest absolute Gasteiger partial charge is 0.496 e. The minimum atomic E-state index is -2.07. The Kier molecular flexibility index (Phi) is 5.48. The van der Waals surface area contributed by atoms with E-state index in [-0.39, 0.29) is 5.75 Å². The summed E-state index contributed by atoms with van der Waals surface area (Å²) in [5.41, 5.74) is -3.56. The van der Waals surface area contributed by atoms with Crippen LogP contribution in [0.2, 0.25) is 0 Å². The number of methoxy groups -OCH3 is 3. The lowest BCUT2D eigenvalue weighted by molar-refractivity contribution is -0.274. The van der Waals surface area contributed by atoms with E-state index in [2.05, 4.69) is 6.07 Å². The van der Waals surface area contributed by atoms with Crippen LogP contribution in [0, 0.1) is 56.2 Å². The zero-order chi connectivity index (χ0) is 23.0. The lowest BCUT2D eigenvalue weighted by Crippen LogP contribution is -2.58. The fourth-order valence-electron chi connectivity index (χ4n) is 4.85. The van der Waals surface area contributed by atoms with E-state index in [0.717, 1.165) is 0 Å². The predicted molar refractivity (Wildman–Crippen MR) is 107 cm³/mol. The van der Waals surface area contributed by atoms with Gasteiger partial charge in [-0.2, -0.15) is 15.8 Å². The summed E-state index contributed by atoms with van der Waals surface area (Å²) in [6.07, 6.45) is -0.160. The van der Waals surface area contributed by atoms with Crippen LogP contribution in [-0.2, 0) is 9.47 Å². The van der Waals surface area contributed by atoms with Crippen LogP contribution < -0.4 is 14.2 Å². The summed E-state index contributed by atoms with van der Waals surface area (Å²) >= 11 is 0. The second kappa shape index (κ2) is 7.65. The highest BCUT2D eigenvalue weighted by atomic mass is 16.7. The summed E-state index contributed by atoms with van der Waals surface area (Å²) in [4.78, 5) is 0. The molecule has 2 aliphatic rings. The molecule has 2 aliphatic heterocycles. The molecule has 9 heteroatoms. The van der Waals surface area contributed by atoms with Crippen molar-refractivity contribution in [3.63, 3.8) is 0 Å². The quantitative estimate of drug-likeness (QED) is 0.731. The van der Waals surface area contributed by atoms with Crippen LogP contribution in [0.1, 0.15) is 38.4 Å². The van der Waals surface area contributed by atoms with E-state index in [0.29, 0.717) is 29.9 Å². The van der Waals surface area contributed by atoms with Gasteiger partial charge in [-0.1, -0.05) is 13.3 Å². The molecule has 1 N–H and O–H groups in total. The Balaban J connectivity index is 2.37. The maximum absolute atomic E-state index is 10.3. The van der Waals surface area contributed by atoms with Gasteiger partial charge >= 0.3 is 0 Å². The first kappa shape index (κ1) is 22.2. The predicted octanol–water partition coefficient (Wildman–Crippen LogP) is 3.47. The van der Waals surface area contributed by atoms with Gasteiger partial charge in [-0.15, -0.1) is 0 Å². The molecule has 0 radical (unpaired) electrons. The average molecular weight is 424 g/mol. The van der Waals surface area contributed by atoms with Crippen molar-refractivity contribution in [2.75, 3.05) is 21.3 Å². The summed E-state index contributed by atoms with van der Waals surface area (Å²) in [6.45, 7) is 3.56. The Bertz CT molecular complexity index is 1020. The monoisotopic (exact) mass is 424 g/mol. The molecule has 0 amide bonds. The van der Waals surface area contributed by atoms with Crippen LogP contribution in [0.5, 0.6) is 17.2 Å². The molecule has 2 bridgehead atoms. The van der Waals surface area contributed by atoms with Gasteiger partial charge in [0, 0.05) is 18.6 Å². The highest BCUT2D eigenvalue weighted by Gasteiger charge is 2.79. The van der Waals surface area contributed by atoms with Crippen LogP contribution in [0.3, 0.4) is 0 Å². The number of benzene rings is 1. The lowest BCUT2D eigenvalue weighted by Gasteiger charge is -2.49. The highest BCUT2D eigenvalue weighted by molar-refractivity contribution is 5.89. The van der Waals surface area contributed by atoms with Crippen molar-refractivity contribution in [2.24, 2.45) is 16.7 Å². The van der Waals surface area contributed by atoms with E-state index in [9.17, 15) is 15.8 Å². The van der Waals surface area contributed by atoms with E-state index >= 15 is 0 Å². The van der Waals surface area contributed by atoms with E-state index < -0.39 is 34.5 Å². The molecule has 31 heavy (non-hydrogen) atoms. The molecule has 2 heterocycles. The molecule has 2 saturated heterocycles. The fourth-order valence-corrected chi connectivity index (χ4v) is 4.85. The standard InChI is InChI=1S/C22H24N4O5/c1-6-7-17-20(2)30-18(13-8-15(28-4)16(29-5)9-14(13)27-3)21(10-23,11-24)22(17,12-25)19(26)31-20/h8-9,17-18,26H,6-7H2,1-5H3. The highest BCUT2D eigenvalue weighted by Crippen LogP contribution is 2.68. The Morgan fingerprint density at radius 1 is 1.00 bits per heavy atom. The molecule has 4 unspecified atom stereocenters. The van der Waals surface area contributed by atoms with Crippen molar-refractivity contribution in [3.05, 3.63) is 17.7 Å². The number of ether oxygens (including phenoxy) is 5. The van der Waals surface area contributed by atoms with Crippen LogP contribution in [0.25, 0.3) is 0 Å². The van der Waals surface area contributed by atoms with Gasteiger partial charge in [-0.05, 0) is 12.5 Å². The zero-order valence-electron chi connectivity index (χ0n) is 18.1. The topological polar surface area (TPSA) is 141 Å². The number of nitriles is 3. The van der Waals surface area contributed by atoms with Gasteiger partial charge in [0.05, 0.1) is 45.5 Å². The van der Waals surface area contributed by atoms with E-state index in [4.69, 9.17) is 29.1 Å². The average Bonchev–Trinajstić information content (AvgIpc) is 2.95. The van der Waals surface area contributed by atoms with Crippen molar-refractivity contribution in [1.29, 1.82) is 21.2 Å².